The molecule has 0 spiro atoms. The van der Waals surface area contributed by atoms with E-state index in [-0.39, 0.29) is 38.2 Å². The maximum Gasteiger partial charge on any atom is 0.231 e. The van der Waals surface area contributed by atoms with E-state index in [0.29, 0.717) is 50.1 Å². The molecule has 0 bridgehead atoms. The van der Waals surface area contributed by atoms with Crippen LogP contribution in [0.1, 0.15) is 24.1 Å². The zero-order valence-corrected chi connectivity index (χ0v) is 21.0. The molecule has 1 aromatic heterocycles. The fourth-order valence-corrected chi connectivity index (χ4v) is 3.64. The number of rotatable bonds is 15. The van der Waals surface area contributed by atoms with Gasteiger partial charge in [-0.2, -0.15) is 0 Å². The monoisotopic (exact) mass is 514 g/mol. The van der Waals surface area contributed by atoms with Crippen molar-refractivity contribution in [3.63, 3.8) is 0 Å². The number of nitrogens with zero attached hydrogens (tertiary/aromatic N) is 2. The molecular formula is C27H35FN4O5. The van der Waals surface area contributed by atoms with E-state index in [2.05, 4.69) is 27.7 Å². The molecule has 0 amide bonds. The summed E-state index contributed by atoms with van der Waals surface area (Å²) in [6.07, 6.45) is 0.661. The Morgan fingerprint density at radius 2 is 1.76 bits per heavy atom. The Labute approximate surface area is 216 Å². The van der Waals surface area contributed by atoms with Gasteiger partial charge in [-0.15, -0.1) is 0 Å². The first-order valence-corrected chi connectivity index (χ1v) is 12.3. The highest BCUT2D eigenvalue weighted by atomic mass is 19.1. The van der Waals surface area contributed by atoms with Gasteiger partial charge in [0.2, 0.25) is 5.88 Å². The van der Waals surface area contributed by atoms with Crippen LogP contribution in [-0.4, -0.2) is 74.1 Å². The molecule has 200 valence electrons. The van der Waals surface area contributed by atoms with E-state index in [0.717, 1.165) is 16.8 Å². The Hall–Kier alpha value is -3.31. The molecule has 0 saturated carbocycles. The molecule has 0 fully saturated rings. The molecule has 0 saturated heterocycles. The smallest absolute Gasteiger partial charge is 0.231 e. The second-order valence-corrected chi connectivity index (χ2v) is 8.34. The number of aliphatic hydroxyl groups is 2. The normalized spacial score (nSPS) is 12.5. The van der Waals surface area contributed by atoms with Gasteiger partial charge >= 0.3 is 0 Å². The van der Waals surface area contributed by atoms with Gasteiger partial charge in [-0.25, -0.2) is 4.39 Å². The van der Waals surface area contributed by atoms with E-state index < -0.39 is 0 Å². The molecule has 1 heterocycles. The van der Waals surface area contributed by atoms with Gasteiger partial charge in [0.1, 0.15) is 5.82 Å². The van der Waals surface area contributed by atoms with E-state index in [9.17, 15) is 4.39 Å². The third-order valence-electron chi connectivity index (χ3n) is 5.50. The molecule has 3 rings (SSSR count). The van der Waals surface area contributed by atoms with Crippen LogP contribution in [0.2, 0.25) is 0 Å². The molecule has 0 radical (unpaired) electrons. The molecule has 0 aliphatic rings. The average Bonchev–Trinajstić information content (AvgIpc) is 3.35. The number of aliphatic imine (C=N–C) groups is 1. The Bertz CT molecular complexity index is 1090. The van der Waals surface area contributed by atoms with Crippen molar-refractivity contribution >= 4 is 11.8 Å². The highest BCUT2D eigenvalue weighted by Crippen LogP contribution is 2.26. The highest BCUT2D eigenvalue weighted by Gasteiger charge is 2.13. The summed E-state index contributed by atoms with van der Waals surface area (Å²) in [5.41, 5.74) is 3.32. The second-order valence-electron chi connectivity index (χ2n) is 8.34. The lowest BCUT2D eigenvalue weighted by Crippen LogP contribution is -2.34. The Kier molecular flexibility index (Phi) is 12.0. The molecule has 1 atom stereocenters. The third-order valence-corrected chi connectivity index (χ3v) is 5.50. The first-order chi connectivity index (χ1) is 18.1. The van der Waals surface area contributed by atoms with Crippen LogP contribution >= 0.6 is 0 Å². The van der Waals surface area contributed by atoms with Crippen molar-refractivity contribution in [2.24, 2.45) is 4.99 Å². The minimum atomic E-state index is -0.237. The Morgan fingerprint density at radius 3 is 2.49 bits per heavy atom. The number of anilines is 1. The van der Waals surface area contributed by atoms with E-state index in [1.54, 1.807) is 12.1 Å². The van der Waals surface area contributed by atoms with Crippen molar-refractivity contribution in [1.82, 2.24) is 10.5 Å². The number of aromatic nitrogens is 1. The number of hydrogen-bond donors (Lipinski definition) is 4. The van der Waals surface area contributed by atoms with Gasteiger partial charge in [0, 0.05) is 18.2 Å². The van der Waals surface area contributed by atoms with Crippen LogP contribution in [0.5, 0.6) is 0 Å². The summed E-state index contributed by atoms with van der Waals surface area (Å²) in [4.78, 5) is 4.43. The molecule has 2 aromatic carbocycles. The summed E-state index contributed by atoms with van der Waals surface area (Å²) in [6, 6.07) is 16.5. The van der Waals surface area contributed by atoms with Crippen molar-refractivity contribution in [2.45, 2.75) is 19.3 Å². The molecule has 0 aliphatic heterocycles. The number of ether oxygens (including phenoxy) is 2. The number of aliphatic hydroxyl groups excluding tert-OH is 2. The molecule has 3 aromatic rings. The fourth-order valence-electron chi connectivity index (χ4n) is 3.64. The first-order valence-electron chi connectivity index (χ1n) is 12.3. The van der Waals surface area contributed by atoms with Crippen LogP contribution in [0.3, 0.4) is 0 Å². The van der Waals surface area contributed by atoms with Crippen molar-refractivity contribution in [2.75, 3.05) is 58.0 Å². The van der Waals surface area contributed by atoms with E-state index in [1.165, 1.54) is 6.07 Å². The maximum absolute atomic E-state index is 14.1. The summed E-state index contributed by atoms with van der Waals surface area (Å²) in [6.45, 7) is 4.19. The van der Waals surface area contributed by atoms with Crippen LogP contribution in [0, 0.1) is 5.82 Å². The number of halogens is 1. The number of benzene rings is 2. The summed E-state index contributed by atoms with van der Waals surface area (Å²) in [5.74, 6) is 0.848. The SMILES string of the molecule is CC(Cc1cc(NC(=NCCOCCO)NCCOCCO)on1)c1ccc(-c2ccccc2F)cc1. The number of nitrogens with one attached hydrogen (secondary N) is 2. The van der Waals surface area contributed by atoms with Crippen molar-refractivity contribution in [3.05, 3.63) is 71.7 Å². The standard InChI is InChI=1S/C27H35FN4O5/c1-20(21-6-8-22(9-7-21)24-4-2-3-5-25(24)28)18-23-19-26(37-32-23)31-27(29-10-14-35-16-12-33)30-11-15-36-17-13-34/h2-9,19-20,33-34H,10-18H2,1H3,(H2,29,30,31). The van der Waals surface area contributed by atoms with Crippen molar-refractivity contribution in [3.8, 4) is 11.1 Å². The van der Waals surface area contributed by atoms with Crippen molar-refractivity contribution < 1.29 is 28.6 Å². The summed E-state index contributed by atoms with van der Waals surface area (Å²) in [7, 11) is 0. The predicted octanol–water partition coefficient (Wildman–Crippen LogP) is 3.20. The quantitative estimate of drug-likeness (QED) is 0.139. The lowest BCUT2D eigenvalue weighted by molar-refractivity contribution is 0.0955. The summed E-state index contributed by atoms with van der Waals surface area (Å²) in [5, 5.41) is 28.0. The molecule has 10 heteroatoms. The largest absolute Gasteiger partial charge is 0.394 e. The molecular weight excluding hydrogens is 479 g/mol. The minimum Gasteiger partial charge on any atom is -0.394 e. The van der Waals surface area contributed by atoms with Crippen LogP contribution in [0.4, 0.5) is 10.3 Å². The lowest BCUT2D eigenvalue weighted by atomic mass is 9.94. The maximum atomic E-state index is 14.1. The number of hydrogen-bond acceptors (Lipinski definition) is 7. The zero-order chi connectivity index (χ0) is 26.3. The average molecular weight is 515 g/mol. The Morgan fingerprint density at radius 1 is 1.03 bits per heavy atom. The first kappa shape index (κ1) is 28.3. The predicted molar refractivity (Wildman–Crippen MR) is 140 cm³/mol. The van der Waals surface area contributed by atoms with Crippen LogP contribution in [0.15, 0.2) is 64.1 Å². The molecule has 9 nitrogen and oxygen atoms in total. The topological polar surface area (TPSA) is 121 Å². The van der Waals surface area contributed by atoms with Crippen LogP contribution in [0.25, 0.3) is 11.1 Å². The summed E-state index contributed by atoms with van der Waals surface area (Å²) < 4.78 is 30.1. The minimum absolute atomic E-state index is 0.0314. The molecule has 1 unspecified atom stereocenters. The summed E-state index contributed by atoms with van der Waals surface area (Å²) >= 11 is 0. The second kappa shape index (κ2) is 15.7. The third kappa shape index (κ3) is 9.58. The number of guanidine groups is 1. The van der Waals surface area contributed by atoms with Gasteiger partial charge in [-0.05, 0) is 29.5 Å². The van der Waals surface area contributed by atoms with E-state index in [1.807, 2.05) is 36.4 Å². The van der Waals surface area contributed by atoms with Gasteiger partial charge in [0.15, 0.2) is 5.96 Å². The van der Waals surface area contributed by atoms with Crippen LogP contribution in [-0.2, 0) is 15.9 Å². The van der Waals surface area contributed by atoms with Gasteiger partial charge in [0.25, 0.3) is 0 Å². The zero-order valence-electron chi connectivity index (χ0n) is 21.0. The molecule has 0 aliphatic carbocycles. The molecule has 37 heavy (non-hydrogen) atoms. The van der Waals surface area contributed by atoms with Crippen molar-refractivity contribution in [1.29, 1.82) is 0 Å². The lowest BCUT2D eigenvalue weighted by Gasteiger charge is -2.11. The van der Waals surface area contributed by atoms with Crippen LogP contribution < -0.4 is 10.6 Å². The van der Waals surface area contributed by atoms with Gasteiger partial charge < -0.3 is 29.5 Å². The molecule has 4 N–H and O–H groups in total. The van der Waals surface area contributed by atoms with E-state index >= 15 is 0 Å². The van der Waals surface area contributed by atoms with Gasteiger partial charge in [-0.3, -0.25) is 10.3 Å². The van der Waals surface area contributed by atoms with Gasteiger partial charge in [0.05, 0.1) is 51.9 Å². The highest BCUT2D eigenvalue weighted by molar-refractivity contribution is 5.92. The van der Waals surface area contributed by atoms with Gasteiger partial charge in [-0.1, -0.05) is 54.5 Å². The fraction of sp³-hybridized carbons (Fsp3) is 0.407. The van der Waals surface area contributed by atoms with E-state index in [4.69, 9.17) is 24.2 Å². The Balaban J connectivity index is 1.56.